The Morgan fingerprint density at radius 2 is 1.79 bits per heavy atom. The third-order valence-corrected chi connectivity index (χ3v) is 2.32. The van der Waals surface area contributed by atoms with E-state index in [1.54, 1.807) is 6.07 Å². The van der Waals surface area contributed by atoms with Crippen molar-refractivity contribution in [2.24, 2.45) is 0 Å². The average Bonchev–Trinajstić information content (AvgIpc) is 2.03. The molecule has 3 heteroatoms. The van der Waals surface area contributed by atoms with Crippen molar-refractivity contribution in [3.63, 3.8) is 0 Å². The maximum absolute atomic E-state index is 9.44. The fraction of sp³-hybridized carbons (Fsp3) is 0.818. The van der Waals surface area contributed by atoms with Gasteiger partial charge in [0.25, 0.3) is 0 Å². The van der Waals surface area contributed by atoms with E-state index in [4.69, 9.17) is 5.26 Å². The summed E-state index contributed by atoms with van der Waals surface area (Å²) in [4.78, 5) is 2.23. The van der Waals surface area contributed by atoms with E-state index in [0.717, 1.165) is 0 Å². The van der Waals surface area contributed by atoms with Crippen LogP contribution in [0.15, 0.2) is 0 Å². The molecule has 0 aromatic carbocycles. The van der Waals surface area contributed by atoms with Crippen LogP contribution >= 0.6 is 0 Å². The molecule has 1 atom stereocenters. The SMILES string of the molecule is [CH2]C(O)(C#N)CCN(C(C)C)C(C)C. The van der Waals surface area contributed by atoms with Crippen molar-refractivity contribution in [3.8, 4) is 6.07 Å². The molecule has 0 amide bonds. The van der Waals surface area contributed by atoms with E-state index in [2.05, 4.69) is 39.5 Å². The largest absolute Gasteiger partial charge is 0.375 e. The molecular formula is C11H21N2O. The van der Waals surface area contributed by atoms with Crippen molar-refractivity contribution in [1.82, 2.24) is 4.90 Å². The van der Waals surface area contributed by atoms with Gasteiger partial charge in [0, 0.05) is 25.0 Å². The minimum absolute atomic E-state index is 0.389. The quantitative estimate of drug-likeness (QED) is 0.681. The number of hydrogen-bond donors (Lipinski definition) is 1. The van der Waals surface area contributed by atoms with Gasteiger partial charge in [0.2, 0.25) is 0 Å². The lowest BCUT2D eigenvalue weighted by atomic mass is 10.0. The van der Waals surface area contributed by atoms with Gasteiger partial charge in [0.1, 0.15) is 0 Å². The van der Waals surface area contributed by atoms with E-state index in [-0.39, 0.29) is 0 Å². The molecule has 1 radical (unpaired) electrons. The minimum Gasteiger partial charge on any atom is -0.375 e. The third kappa shape index (κ3) is 4.59. The molecule has 0 saturated heterocycles. The van der Waals surface area contributed by atoms with E-state index in [1.165, 1.54) is 0 Å². The van der Waals surface area contributed by atoms with Gasteiger partial charge in [0.05, 0.1) is 6.07 Å². The standard InChI is InChI=1S/C11H21N2O/c1-9(2)13(10(3)4)7-6-11(5,14)8-12/h9-10,14H,5-7H2,1-4H3. The van der Waals surface area contributed by atoms with Crippen LogP contribution in [0.2, 0.25) is 0 Å². The predicted molar refractivity (Wildman–Crippen MR) is 57.5 cm³/mol. The van der Waals surface area contributed by atoms with Gasteiger partial charge in [-0.1, -0.05) is 0 Å². The van der Waals surface area contributed by atoms with E-state index in [9.17, 15) is 5.11 Å². The predicted octanol–water partition coefficient (Wildman–Crippen LogP) is 1.58. The van der Waals surface area contributed by atoms with Crippen molar-refractivity contribution >= 4 is 0 Å². The lowest BCUT2D eigenvalue weighted by Crippen LogP contribution is -2.40. The molecule has 0 saturated carbocycles. The second kappa shape index (κ2) is 5.33. The highest BCUT2D eigenvalue weighted by Gasteiger charge is 2.22. The molecule has 0 aliphatic carbocycles. The number of aliphatic hydroxyl groups is 1. The molecule has 14 heavy (non-hydrogen) atoms. The maximum atomic E-state index is 9.44. The summed E-state index contributed by atoms with van der Waals surface area (Å²) in [6.07, 6.45) is 0.389. The second-order valence-electron chi connectivity index (χ2n) is 4.32. The monoisotopic (exact) mass is 197 g/mol. The highest BCUT2D eigenvalue weighted by atomic mass is 16.3. The molecule has 0 rings (SSSR count). The summed E-state index contributed by atoms with van der Waals surface area (Å²) >= 11 is 0. The molecule has 81 valence electrons. The van der Waals surface area contributed by atoms with E-state index in [1.807, 2.05) is 0 Å². The Balaban J connectivity index is 4.15. The molecule has 0 bridgehead atoms. The summed E-state index contributed by atoms with van der Waals surface area (Å²) in [7, 11) is 0. The molecule has 0 spiro atoms. The van der Waals surface area contributed by atoms with Gasteiger partial charge in [0.15, 0.2) is 5.60 Å². The molecule has 3 nitrogen and oxygen atoms in total. The Morgan fingerprint density at radius 1 is 1.36 bits per heavy atom. The van der Waals surface area contributed by atoms with Crippen LogP contribution in [0.5, 0.6) is 0 Å². The average molecular weight is 197 g/mol. The smallest absolute Gasteiger partial charge is 0.152 e. The normalized spacial score (nSPS) is 16.0. The lowest BCUT2D eigenvalue weighted by Gasteiger charge is -2.31. The molecule has 1 unspecified atom stereocenters. The Hall–Kier alpha value is -0.590. The zero-order chi connectivity index (χ0) is 11.4. The van der Waals surface area contributed by atoms with Crippen molar-refractivity contribution in [1.29, 1.82) is 5.26 Å². The van der Waals surface area contributed by atoms with Crippen molar-refractivity contribution < 1.29 is 5.11 Å². The number of hydrogen-bond acceptors (Lipinski definition) is 3. The van der Waals surface area contributed by atoms with E-state index >= 15 is 0 Å². The van der Waals surface area contributed by atoms with Crippen LogP contribution < -0.4 is 0 Å². The number of nitriles is 1. The van der Waals surface area contributed by atoms with Crippen molar-refractivity contribution in [2.45, 2.75) is 51.8 Å². The van der Waals surface area contributed by atoms with E-state index in [0.29, 0.717) is 25.0 Å². The van der Waals surface area contributed by atoms with Gasteiger partial charge < -0.3 is 5.11 Å². The topological polar surface area (TPSA) is 47.3 Å². The molecule has 0 aliphatic rings. The fourth-order valence-corrected chi connectivity index (χ4v) is 1.48. The van der Waals surface area contributed by atoms with Crippen molar-refractivity contribution in [2.75, 3.05) is 6.54 Å². The Morgan fingerprint density at radius 3 is 2.07 bits per heavy atom. The first kappa shape index (κ1) is 13.4. The fourth-order valence-electron chi connectivity index (χ4n) is 1.48. The van der Waals surface area contributed by atoms with Crippen LogP contribution in [-0.4, -0.2) is 34.2 Å². The molecule has 0 heterocycles. The highest BCUT2D eigenvalue weighted by Crippen LogP contribution is 2.12. The number of rotatable bonds is 5. The lowest BCUT2D eigenvalue weighted by molar-refractivity contribution is 0.0955. The summed E-state index contributed by atoms with van der Waals surface area (Å²) in [5.41, 5.74) is -1.44. The van der Waals surface area contributed by atoms with Crippen molar-refractivity contribution in [3.05, 3.63) is 6.92 Å². The third-order valence-electron chi connectivity index (χ3n) is 2.32. The summed E-state index contributed by atoms with van der Waals surface area (Å²) in [5.74, 6) is 0. The van der Waals surface area contributed by atoms with Gasteiger partial charge >= 0.3 is 0 Å². The molecule has 0 aliphatic heterocycles. The Labute approximate surface area is 87.3 Å². The molecule has 0 aromatic rings. The van der Waals surface area contributed by atoms with Crippen LogP contribution in [0.4, 0.5) is 0 Å². The van der Waals surface area contributed by atoms with Crippen LogP contribution in [0.1, 0.15) is 34.1 Å². The molecule has 0 aromatic heterocycles. The summed E-state index contributed by atoms with van der Waals surface area (Å²) in [6, 6.07) is 2.63. The second-order valence-corrected chi connectivity index (χ2v) is 4.32. The van der Waals surface area contributed by atoms with E-state index < -0.39 is 5.60 Å². The molecule has 0 fully saturated rings. The molecular weight excluding hydrogens is 176 g/mol. The Bertz CT molecular complexity index is 196. The minimum atomic E-state index is -1.44. The maximum Gasteiger partial charge on any atom is 0.152 e. The first-order valence-electron chi connectivity index (χ1n) is 5.05. The Kier molecular flexibility index (Phi) is 5.11. The summed E-state index contributed by atoms with van der Waals surface area (Å²) in [6.45, 7) is 12.6. The van der Waals surface area contributed by atoms with Gasteiger partial charge in [-0.05, 0) is 34.6 Å². The zero-order valence-electron chi connectivity index (χ0n) is 9.62. The van der Waals surface area contributed by atoms with Gasteiger partial charge in [-0.15, -0.1) is 0 Å². The summed E-state index contributed by atoms with van der Waals surface area (Å²) < 4.78 is 0. The highest BCUT2D eigenvalue weighted by molar-refractivity contribution is 5.02. The van der Waals surface area contributed by atoms with Crippen LogP contribution in [0.25, 0.3) is 0 Å². The van der Waals surface area contributed by atoms with Gasteiger partial charge in [-0.2, -0.15) is 5.26 Å². The number of nitrogens with zero attached hydrogens (tertiary/aromatic N) is 2. The van der Waals surface area contributed by atoms with Crippen LogP contribution in [0, 0.1) is 18.3 Å². The summed E-state index contributed by atoms with van der Waals surface area (Å²) in [5, 5.41) is 18.0. The van der Waals surface area contributed by atoms with Gasteiger partial charge in [-0.25, -0.2) is 0 Å². The van der Waals surface area contributed by atoms with Gasteiger partial charge in [-0.3, -0.25) is 4.90 Å². The molecule has 1 N–H and O–H groups in total. The first-order valence-corrected chi connectivity index (χ1v) is 5.05. The van der Waals surface area contributed by atoms with Crippen LogP contribution in [-0.2, 0) is 0 Å². The first-order chi connectivity index (χ1) is 6.30. The van der Waals surface area contributed by atoms with Crippen LogP contribution in [0.3, 0.4) is 0 Å². The zero-order valence-corrected chi connectivity index (χ0v) is 9.62.